The third-order valence-electron chi connectivity index (χ3n) is 3.88. The number of aryl methyl sites for hydroxylation is 1. The molecule has 0 radical (unpaired) electrons. The van der Waals surface area contributed by atoms with Gasteiger partial charge in [-0.2, -0.15) is 0 Å². The first kappa shape index (κ1) is 17.4. The molecule has 1 aromatic carbocycles. The summed E-state index contributed by atoms with van der Waals surface area (Å²) in [4.78, 5) is 8.92. The number of hydrogen-bond donors (Lipinski definition) is 2. The van der Waals surface area contributed by atoms with Crippen LogP contribution in [0, 0.1) is 6.92 Å². The van der Waals surface area contributed by atoms with Gasteiger partial charge in [0.2, 0.25) is 0 Å². The number of imidazole rings is 1. The zero-order chi connectivity index (χ0) is 18.1. The van der Waals surface area contributed by atoms with Gasteiger partial charge in [-0.1, -0.05) is 17.7 Å². The van der Waals surface area contributed by atoms with Gasteiger partial charge in [0.25, 0.3) is 0 Å². The average Bonchev–Trinajstić information content (AvgIpc) is 2.90. The standard InChI is InChI=1S/C17H17Cl2N5O/c1-9-15(21)24(17-14(20)13(25-2)5-6-22-17)16(23-9)11-7-10(8-18)3-4-12(11)19/h3-7H,8,20-21H2,1-2H3. The number of aromatic nitrogens is 3. The number of nitrogens with zero attached hydrogens (tertiary/aromatic N) is 3. The molecule has 0 saturated carbocycles. The molecule has 0 bridgehead atoms. The highest BCUT2D eigenvalue weighted by Crippen LogP contribution is 2.36. The lowest BCUT2D eigenvalue weighted by Gasteiger charge is -2.14. The van der Waals surface area contributed by atoms with Crippen LogP contribution in [0.4, 0.5) is 11.5 Å². The molecule has 0 aliphatic heterocycles. The molecule has 0 atom stereocenters. The second kappa shape index (κ2) is 6.82. The van der Waals surface area contributed by atoms with Gasteiger partial charge in [-0.25, -0.2) is 9.97 Å². The van der Waals surface area contributed by atoms with Crippen LogP contribution in [-0.2, 0) is 5.88 Å². The lowest BCUT2D eigenvalue weighted by molar-refractivity contribution is 0.416. The van der Waals surface area contributed by atoms with Gasteiger partial charge in [0, 0.05) is 23.7 Å². The molecule has 0 fully saturated rings. The van der Waals surface area contributed by atoms with Crippen LogP contribution < -0.4 is 16.2 Å². The Morgan fingerprint density at radius 1 is 1.24 bits per heavy atom. The summed E-state index contributed by atoms with van der Waals surface area (Å²) in [6.45, 7) is 1.81. The van der Waals surface area contributed by atoms with E-state index in [1.54, 1.807) is 30.0 Å². The Morgan fingerprint density at radius 3 is 2.68 bits per heavy atom. The van der Waals surface area contributed by atoms with E-state index in [0.717, 1.165) is 5.56 Å². The van der Waals surface area contributed by atoms with Crippen molar-refractivity contribution in [2.45, 2.75) is 12.8 Å². The van der Waals surface area contributed by atoms with E-state index in [-0.39, 0.29) is 0 Å². The first-order chi connectivity index (χ1) is 12.0. The molecule has 0 unspecified atom stereocenters. The summed E-state index contributed by atoms with van der Waals surface area (Å²) >= 11 is 12.3. The fourth-order valence-corrected chi connectivity index (χ4v) is 2.93. The van der Waals surface area contributed by atoms with Gasteiger partial charge in [-0.05, 0) is 24.6 Å². The fourth-order valence-electron chi connectivity index (χ4n) is 2.57. The number of nitrogen functional groups attached to an aromatic ring is 2. The Hall–Kier alpha value is -2.44. The SMILES string of the molecule is COc1ccnc(-n2c(-c3cc(CCl)ccc3Cl)nc(C)c2N)c1N. The molecule has 3 aromatic rings. The molecular weight excluding hydrogens is 361 g/mol. The molecule has 25 heavy (non-hydrogen) atoms. The summed E-state index contributed by atoms with van der Waals surface area (Å²) in [5, 5.41) is 0.529. The van der Waals surface area contributed by atoms with Crippen molar-refractivity contribution in [2.24, 2.45) is 0 Å². The number of benzene rings is 1. The van der Waals surface area contributed by atoms with Gasteiger partial charge in [-0.3, -0.25) is 4.57 Å². The summed E-state index contributed by atoms with van der Waals surface area (Å²) in [7, 11) is 1.54. The molecule has 8 heteroatoms. The quantitative estimate of drug-likeness (QED) is 0.674. The molecule has 130 valence electrons. The number of pyridine rings is 1. The highest BCUT2D eigenvalue weighted by atomic mass is 35.5. The minimum absolute atomic E-state index is 0.360. The van der Waals surface area contributed by atoms with Crippen molar-refractivity contribution >= 4 is 34.7 Å². The van der Waals surface area contributed by atoms with E-state index < -0.39 is 0 Å². The molecule has 2 heterocycles. The van der Waals surface area contributed by atoms with Gasteiger partial charge in [-0.15, -0.1) is 11.6 Å². The van der Waals surface area contributed by atoms with Crippen molar-refractivity contribution in [3.05, 3.63) is 46.7 Å². The average molecular weight is 378 g/mol. The predicted molar refractivity (Wildman–Crippen MR) is 101 cm³/mol. The van der Waals surface area contributed by atoms with Crippen molar-refractivity contribution in [3.63, 3.8) is 0 Å². The van der Waals surface area contributed by atoms with E-state index in [4.69, 9.17) is 39.4 Å². The lowest BCUT2D eigenvalue weighted by atomic mass is 10.1. The van der Waals surface area contributed by atoms with Crippen LogP contribution in [0.25, 0.3) is 17.2 Å². The Bertz CT molecular complexity index is 939. The highest BCUT2D eigenvalue weighted by molar-refractivity contribution is 6.33. The Kier molecular flexibility index (Phi) is 4.74. The van der Waals surface area contributed by atoms with Crippen LogP contribution in [0.15, 0.2) is 30.5 Å². The number of hydrogen-bond acceptors (Lipinski definition) is 5. The third-order valence-corrected chi connectivity index (χ3v) is 4.52. The normalized spacial score (nSPS) is 10.9. The van der Waals surface area contributed by atoms with Gasteiger partial charge >= 0.3 is 0 Å². The molecule has 6 nitrogen and oxygen atoms in total. The van der Waals surface area contributed by atoms with E-state index >= 15 is 0 Å². The summed E-state index contributed by atoms with van der Waals surface area (Å²) in [6, 6.07) is 7.20. The number of methoxy groups -OCH3 is 1. The number of rotatable bonds is 4. The molecule has 0 aliphatic rings. The number of halogens is 2. The Labute approximate surface area is 155 Å². The van der Waals surface area contributed by atoms with Crippen LogP contribution in [0.3, 0.4) is 0 Å². The van der Waals surface area contributed by atoms with Crippen LogP contribution in [0.2, 0.25) is 5.02 Å². The maximum atomic E-state index is 6.39. The fraction of sp³-hybridized carbons (Fsp3) is 0.176. The van der Waals surface area contributed by atoms with E-state index in [9.17, 15) is 0 Å². The van der Waals surface area contributed by atoms with Crippen molar-refractivity contribution in [3.8, 4) is 23.0 Å². The molecule has 3 rings (SSSR count). The summed E-state index contributed by atoms with van der Waals surface area (Å²) in [5.41, 5.74) is 15.1. The number of ether oxygens (including phenoxy) is 1. The van der Waals surface area contributed by atoms with Crippen molar-refractivity contribution < 1.29 is 4.74 Å². The maximum Gasteiger partial charge on any atom is 0.167 e. The molecule has 0 aliphatic carbocycles. The maximum absolute atomic E-state index is 6.39. The second-order valence-electron chi connectivity index (χ2n) is 5.44. The van der Waals surface area contributed by atoms with Crippen molar-refractivity contribution in [1.29, 1.82) is 0 Å². The van der Waals surface area contributed by atoms with Gasteiger partial charge in [0.15, 0.2) is 5.82 Å². The lowest BCUT2D eigenvalue weighted by Crippen LogP contribution is -2.09. The van der Waals surface area contributed by atoms with Crippen LogP contribution in [-0.4, -0.2) is 21.6 Å². The Morgan fingerprint density at radius 2 is 2.00 bits per heavy atom. The van der Waals surface area contributed by atoms with Crippen molar-refractivity contribution in [2.75, 3.05) is 18.6 Å². The van der Waals surface area contributed by atoms with Gasteiger partial charge in [0.1, 0.15) is 23.1 Å². The topological polar surface area (TPSA) is 92.0 Å². The van der Waals surface area contributed by atoms with Crippen molar-refractivity contribution in [1.82, 2.24) is 14.5 Å². The van der Waals surface area contributed by atoms with Gasteiger partial charge in [0.05, 0.1) is 17.8 Å². The first-order valence-corrected chi connectivity index (χ1v) is 8.37. The largest absolute Gasteiger partial charge is 0.494 e. The predicted octanol–water partition coefficient (Wildman–Crippen LogP) is 3.81. The second-order valence-corrected chi connectivity index (χ2v) is 6.11. The van der Waals surface area contributed by atoms with E-state index in [1.807, 2.05) is 19.1 Å². The molecule has 2 aromatic heterocycles. The minimum Gasteiger partial charge on any atom is -0.494 e. The third kappa shape index (κ3) is 2.99. The smallest absolute Gasteiger partial charge is 0.167 e. The summed E-state index contributed by atoms with van der Waals surface area (Å²) in [6.07, 6.45) is 1.60. The van der Waals surface area contributed by atoms with Crippen LogP contribution in [0.1, 0.15) is 11.3 Å². The zero-order valence-corrected chi connectivity index (χ0v) is 15.3. The molecular formula is C17H17Cl2N5O. The summed E-state index contributed by atoms with van der Waals surface area (Å²) in [5.74, 6) is 2.26. The molecule has 0 amide bonds. The first-order valence-electron chi connectivity index (χ1n) is 7.46. The minimum atomic E-state index is 0.360. The zero-order valence-electron chi connectivity index (χ0n) is 13.8. The van der Waals surface area contributed by atoms with E-state index in [0.29, 0.717) is 51.1 Å². The number of nitrogens with two attached hydrogens (primary N) is 2. The summed E-state index contributed by atoms with van der Waals surface area (Å²) < 4.78 is 6.95. The molecule has 0 saturated heterocycles. The van der Waals surface area contributed by atoms with Crippen LogP contribution >= 0.6 is 23.2 Å². The van der Waals surface area contributed by atoms with E-state index in [2.05, 4.69) is 9.97 Å². The molecule has 4 N–H and O–H groups in total. The van der Waals surface area contributed by atoms with E-state index in [1.165, 1.54) is 0 Å². The monoisotopic (exact) mass is 377 g/mol. The van der Waals surface area contributed by atoms with Gasteiger partial charge < -0.3 is 16.2 Å². The molecule has 0 spiro atoms. The number of anilines is 2. The Balaban J connectivity index is 2.31. The highest BCUT2D eigenvalue weighted by Gasteiger charge is 2.21. The number of alkyl halides is 1. The van der Waals surface area contributed by atoms with Crippen LogP contribution in [0.5, 0.6) is 5.75 Å².